The molecule has 2 atom stereocenters. The predicted octanol–water partition coefficient (Wildman–Crippen LogP) is 2.08. The Kier molecular flexibility index (Phi) is 4.55. The Morgan fingerprint density at radius 1 is 1.44 bits per heavy atom. The van der Waals surface area contributed by atoms with Crippen LogP contribution in [0.25, 0.3) is 0 Å². The zero-order valence-corrected chi connectivity index (χ0v) is 10.7. The van der Waals surface area contributed by atoms with Crippen LogP contribution in [0.2, 0.25) is 0 Å². The lowest BCUT2D eigenvalue weighted by Crippen LogP contribution is -2.27. The Hall–Kier alpha value is -1.13. The molecule has 2 N–H and O–H groups in total. The topological polar surface area (TPSA) is 41.5 Å². The van der Waals surface area contributed by atoms with E-state index in [4.69, 9.17) is 4.74 Å². The Morgan fingerprint density at radius 3 is 2.89 bits per heavy atom. The molecule has 0 heterocycles. The van der Waals surface area contributed by atoms with Gasteiger partial charge in [0, 0.05) is 13.1 Å². The number of aliphatic hydroxyl groups is 1. The number of hydrogen-bond acceptors (Lipinski definition) is 3. The van der Waals surface area contributed by atoms with Gasteiger partial charge in [-0.1, -0.05) is 12.5 Å². The lowest BCUT2D eigenvalue weighted by molar-refractivity contribution is 0.131. The van der Waals surface area contributed by atoms with Gasteiger partial charge in [0.2, 0.25) is 0 Å². The molecule has 1 fully saturated rings. The molecule has 1 saturated carbocycles. The first-order valence-electron chi connectivity index (χ1n) is 6.42. The first-order valence-corrected chi connectivity index (χ1v) is 6.42. The summed E-state index contributed by atoms with van der Waals surface area (Å²) in [7, 11) is 1.46. The monoisotopic (exact) mass is 253 g/mol. The molecule has 1 aliphatic carbocycles. The van der Waals surface area contributed by atoms with Gasteiger partial charge in [-0.05, 0) is 36.5 Å². The number of nitrogens with one attached hydrogen (secondary N) is 1. The molecule has 2 rings (SSSR count). The van der Waals surface area contributed by atoms with Crippen LogP contribution < -0.4 is 10.1 Å². The van der Waals surface area contributed by atoms with Crippen LogP contribution in [-0.4, -0.2) is 24.9 Å². The minimum atomic E-state index is -0.335. The van der Waals surface area contributed by atoms with Crippen LogP contribution in [0.1, 0.15) is 24.8 Å². The molecule has 2 unspecified atom stereocenters. The molecule has 1 aromatic carbocycles. The van der Waals surface area contributed by atoms with E-state index in [2.05, 4.69) is 5.32 Å². The minimum absolute atomic E-state index is 0.176. The summed E-state index contributed by atoms with van der Waals surface area (Å²) in [6.07, 6.45) is 2.91. The second-order valence-electron chi connectivity index (χ2n) is 4.86. The van der Waals surface area contributed by atoms with Gasteiger partial charge < -0.3 is 15.2 Å². The Balaban J connectivity index is 1.81. The summed E-state index contributed by atoms with van der Waals surface area (Å²) >= 11 is 0. The first-order chi connectivity index (χ1) is 8.70. The standard InChI is InChI=1S/C14H20FNO2/c1-18-14-6-5-10(7-12(14)15)8-16-9-11-3-2-4-13(11)17/h5-7,11,13,16-17H,2-4,8-9H2,1H3. The van der Waals surface area contributed by atoms with Crippen molar-refractivity contribution in [3.8, 4) is 5.75 Å². The number of hydrogen-bond donors (Lipinski definition) is 2. The third kappa shape index (κ3) is 3.21. The lowest BCUT2D eigenvalue weighted by atomic mass is 10.1. The van der Waals surface area contributed by atoms with Crippen molar-refractivity contribution in [3.63, 3.8) is 0 Å². The normalized spacial score (nSPS) is 23.3. The molecule has 0 bridgehead atoms. The SMILES string of the molecule is COc1ccc(CNCC2CCCC2O)cc1F. The number of halogens is 1. The third-order valence-electron chi connectivity index (χ3n) is 3.57. The molecule has 0 spiro atoms. The molecule has 0 aromatic heterocycles. The number of ether oxygens (including phenoxy) is 1. The highest BCUT2D eigenvalue weighted by Crippen LogP contribution is 2.24. The lowest BCUT2D eigenvalue weighted by Gasteiger charge is -2.15. The van der Waals surface area contributed by atoms with Gasteiger partial charge >= 0.3 is 0 Å². The van der Waals surface area contributed by atoms with Gasteiger partial charge in [0.1, 0.15) is 0 Å². The van der Waals surface area contributed by atoms with E-state index in [1.54, 1.807) is 6.07 Å². The second kappa shape index (κ2) is 6.16. The van der Waals surface area contributed by atoms with Gasteiger partial charge in [0.15, 0.2) is 11.6 Å². The van der Waals surface area contributed by atoms with Crippen molar-refractivity contribution in [3.05, 3.63) is 29.6 Å². The highest BCUT2D eigenvalue weighted by molar-refractivity contribution is 5.29. The zero-order chi connectivity index (χ0) is 13.0. The highest BCUT2D eigenvalue weighted by atomic mass is 19.1. The molecular weight excluding hydrogens is 233 g/mol. The zero-order valence-electron chi connectivity index (χ0n) is 10.7. The summed E-state index contributed by atoms with van der Waals surface area (Å²) in [6.45, 7) is 1.40. The summed E-state index contributed by atoms with van der Waals surface area (Å²) in [4.78, 5) is 0. The minimum Gasteiger partial charge on any atom is -0.494 e. The Morgan fingerprint density at radius 2 is 2.28 bits per heavy atom. The molecule has 0 aliphatic heterocycles. The van der Waals surface area contributed by atoms with Crippen molar-refractivity contribution < 1.29 is 14.2 Å². The number of aliphatic hydroxyl groups excluding tert-OH is 1. The van der Waals surface area contributed by atoms with Gasteiger partial charge in [0.25, 0.3) is 0 Å². The molecule has 0 amide bonds. The van der Waals surface area contributed by atoms with Crippen LogP contribution in [0.4, 0.5) is 4.39 Å². The fraction of sp³-hybridized carbons (Fsp3) is 0.571. The van der Waals surface area contributed by atoms with Crippen molar-refractivity contribution in [2.75, 3.05) is 13.7 Å². The molecule has 3 nitrogen and oxygen atoms in total. The van der Waals surface area contributed by atoms with Crippen LogP contribution in [0.3, 0.4) is 0 Å². The van der Waals surface area contributed by atoms with E-state index in [0.29, 0.717) is 12.5 Å². The van der Waals surface area contributed by atoms with E-state index in [-0.39, 0.29) is 17.7 Å². The first kappa shape index (κ1) is 13.3. The molecule has 0 radical (unpaired) electrons. The number of benzene rings is 1. The summed E-state index contributed by atoms with van der Waals surface area (Å²) in [5.74, 6) is 0.274. The van der Waals surface area contributed by atoms with Crippen LogP contribution >= 0.6 is 0 Å². The number of methoxy groups -OCH3 is 1. The van der Waals surface area contributed by atoms with Crippen molar-refractivity contribution in [1.29, 1.82) is 0 Å². The third-order valence-corrected chi connectivity index (χ3v) is 3.57. The van der Waals surface area contributed by atoms with Gasteiger partial charge in [-0.2, -0.15) is 0 Å². The summed E-state index contributed by atoms with van der Waals surface area (Å²) < 4.78 is 18.3. The molecule has 0 saturated heterocycles. The average Bonchev–Trinajstić information content (AvgIpc) is 2.75. The van der Waals surface area contributed by atoms with Crippen LogP contribution in [0.5, 0.6) is 5.75 Å². The molecule has 1 aliphatic rings. The van der Waals surface area contributed by atoms with Crippen LogP contribution in [0, 0.1) is 11.7 Å². The second-order valence-corrected chi connectivity index (χ2v) is 4.86. The summed E-state index contributed by atoms with van der Waals surface area (Å²) in [5.41, 5.74) is 0.890. The molecular formula is C14H20FNO2. The molecule has 18 heavy (non-hydrogen) atoms. The van der Waals surface area contributed by atoms with E-state index in [0.717, 1.165) is 31.4 Å². The predicted molar refractivity (Wildman–Crippen MR) is 68.0 cm³/mol. The Labute approximate surface area is 107 Å². The van der Waals surface area contributed by atoms with Gasteiger partial charge in [-0.3, -0.25) is 0 Å². The highest BCUT2D eigenvalue weighted by Gasteiger charge is 2.24. The maximum Gasteiger partial charge on any atom is 0.165 e. The van der Waals surface area contributed by atoms with Gasteiger partial charge in [0.05, 0.1) is 13.2 Å². The van der Waals surface area contributed by atoms with E-state index in [9.17, 15) is 9.50 Å². The van der Waals surface area contributed by atoms with Crippen molar-refractivity contribution in [2.24, 2.45) is 5.92 Å². The summed E-state index contributed by atoms with van der Waals surface area (Å²) in [5, 5.41) is 13.0. The Bertz CT molecular complexity index is 397. The van der Waals surface area contributed by atoms with Crippen molar-refractivity contribution in [2.45, 2.75) is 31.9 Å². The van der Waals surface area contributed by atoms with E-state index < -0.39 is 0 Å². The maximum absolute atomic E-state index is 13.4. The van der Waals surface area contributed by atoms with Crippen LogP contribution in [0.15, 0.2) is 18.2 Å². The van der Waals surface area contributed by atoms with E-state index >= 15 is 0 Å². The fourth-order valence-corrected chi connectivity index (χ4v) is 2.48. The molecule has 1 aromatic rings. The van der Waals surface area contributed by atoms with Crippen molar-refractivity contribution in [1.82, 2.24) is 5.32 Å². The summed E-state index contributed by atoms with van der Waals surface area (Å²) in [6, 6.07) is 4.97. The number of rotatable bonds is 5. The van der Waals surface area contributed by atoms with Crippen molar-refractivity contribution >= 4 is 0 Å². The molecule has 4 heteroatoms. The largest absolute Gasteiger partial charge is 0.494 e. The fourth-order valence-electron chi connectivity index (χ4n) is 2.48. The molecule has 100 valence electrons. The van der Waals surface area contributed by atoms with E-state index in [1.807, 2.05) is 6.07 Å². The van der Waals surface area contributed by atoms with Crippen LogP contribution in [-0.2, 0) is 6.54 Å². The van der Waals surface area contributed by atoms with Gasteiger partial charge in [-0.25, -0.2) is 4.39 Å². The quantitative estimate of drug-likeness (QED) is 0.844. The van der Waals surface area contributed by atoms with E-state index in [1.165, 1.54) is 13.2 Å². The smallest absolute Gasteiger partial charge is 0.165 e. The average molecular weight is 253 g/mol. The maximum atomic E-state index is 13.4. The van der Waals surface area contributed by atoms with Gasteiger partial charge in [-0.15, -0.1) is 0 Å².